The van der Waals surface area contributed by atoms with Crippen molar-refractivity contribution in [1.29, 1.82) is 0 Å². The molecule has 0 saturated carbocycles. The third kappa shape index (κ3) is 1.73. The van der Waals surface area contributed by atoms with Gasteiger partial charge in [-0.15, -0.1) is 0 Å². The summed E-state index contributed by atoms with van der Waals surface area (Å²) in [5.41, 5.74) is 5.07. The second-order valence-electron chi connectivity index (χ2n) is 2.91. The molecule has 5 nitrogen and oxygen atoms in total. The minimum absolute atomic E-state index is 0.146. The lowest BCUT2D eigenvalue weighted by Crippen LogP contribution is -2.57. The molecule has 1 rings (SSSR count). The van der Waals surface area contributed by atoms with Gasteiger partial charge in [0.05, 0.1) is 12.0 Å². The van der Waals surface area contributed by atoms with Crippen molar-refractivity contribution >= 4 is 11.8 Å². The fourth-order valence-electron chi connectivity index (χ4n) is 1.18. The standard InChI is InChI=1S/C7H13N3O2/c1-4(6(8)11)5-7(12)10-3-2-9-5/h4-5,9H,2-3H2,1H3,(H2,8,11)(H,10,12). The van der Waals surface area contributed by atoms with Crippen molar-refractivity contribution in [2.45, 2.75) is 13.0 Å². The summed E-state index contributed by atoms with van der Waals surface area (Å²) in [4.78, 5) is 21.9. The predicted octanol–water partition coefficient (Wildman–Crippen LogP) is -1.80. The number of hydrogen-bond donors (Lipinski definition) is 3. The van der Waals surface area contributed by atoms with Crippen LogP contribution in [0.2, 0.25) is 0 Å². The summed E-state index contributed by atoms with van der Waals surface area (Å²) in [7, 11) is 0. The quantitative estimate of drug-likeness (QED) is 0.458. The number of rotatable bonds is 2. The van der Waals surface area contributed by atoms with Gasteiger partial charge >= 0.3 is 0 Å². The number of carbonyl (C=O) groups is 2. The zero-order chi connectivity index (χ0) is 9.14. The van der Waals surface area contributed by atoms with Gasteiger partial charge < -0.3 is 16.4 Å². The predicted molar refractivity (Wildman–Crippen MR) is 43.2 cm³/mol. The molecule has 0 aromatic carbocycles. The van der Waals surface area contributed by atoms with Gasteiger partial charge in [0, 0.05) is 13.1 Å². The van der Waals surface area contributed by atoms with Crippen molar-refractivity contribution in [2.24, 2.45) is 11.7 Å². The molecule has 1 aliphatic heterocycles. The van der Waals surface area contributed by atoms with E-state index in [9.17, 15) is 9.59 Å². The van der Waals surface area contributed by atoms with Crippen LogP contribution in [0, 0.1) is 5.92 Å². The second kappa shape index (κ2) is 3.53. The Kier molecular flexibility index (Phi) is 2.65. The Morgan fingerprint density at radius 2 is 2.33 bits per heavy atom. The van der Waals surface area contributed by atoms with Gasteiger partial charge in [-0.2, -0.15) is 0 Å². The first kappa shape index (κ1) is 8.99. The number of hydrogen-bond acceptors (Lipinski definition) is 3. The lowest BCUT2D eigenvalue weighted by Gasteiger charge is -2.26. The number of nitrogens with one attached hydrogen (secondary N) is 2. The zero-order valence-corrected chi connectivity index (χ0v) is 6.96. The van der Waals surface area contributed by atoms with E-state index in [-0.39, 0.29) is 5.91 Å². The van der Waals surface area contributed by atoms with E-state index in [0.717, 1.165) is 0 Å². The van der Waals surface area contributed by atoms with Crippen LogP contribution in [0.1, 0.15) is 6.92 Å². The van der Waals surface area contributed by atoms with E-state index in [0.29, 0.717) is 13.1 Å². The number of carbonyl (C=O) groups excluding carboxylic acids is 2. The fraction of sp³-hybridized carbons (Fsp3) is 0.714. The van der Waals surface area contributed by atoms with Crippen molar-refractivity contribution in [3.05, 3.63) is 0 Å². The highest BCUT2D eigenvalue weighted by molar-refractivity contribution is 5.89. The number of piperazine rings is 1. The molecule has 0 bridgehead atoms. The second-order valence-corrected chi connectivity index (χ2v) is 2.91. The van der Waals surface area contributed by atoms with Crippen LogP contribution < -0.4 is 16.4 Å². The molecule has 1 heterocycles. The summed E-state index contributed by atoms with van der Waals surface area (Å²) < 4.78 is 0. The molecule has 68 valence electrons. The highest BCUT2D eigenvalue weighted by atomic mass is 16.2. The highest BCUT2D eigenvalue weighted by Crippen LogP contribution is 2.03. The maximum atomic E-state index is 11.2. The molecule has 0 radical (unpaired) electrons. The summed E-state index contributed by atoms with van der Waals surface area (Å²) in [5.74, 6) is -1.05. The van der Waals surface area contributed by atoms with Gasteiger partial charge in [-0.05, 0) is 0 Å². The average Bonchev–Trinajstić information content (AvgIpc) is 2.04. The monoisotopic (exact) mass is 171 g/mol. The van der Waals surface area contributed by atoms with E-state index in [1.165, 1.54) is 0 Å². The summed E-state index contributed by atoms with van der Waals surface area (Å²) in [6.45, 7) is 2.94. The fourth-order valence-corrected chi connectivity index (χ4v) is 1.18. The number of primary amides is 1. The maximum Gasteiger partial charge on any atom is 0.237 e. The number of nitrogens with two attached hydrogens (primary N) is 1. The SMILES string of the molecule is CC(C(N)=O)C1NCCNC1=O. The topological polar surface area (TPSA) is 84.2 Å². The summed E-state index contributed by atoms with van der Waals surface area (Å²) >= 11 is 0. The lowest BCUT2D eigenvalue weighted by molar-refractivity contribution is -0.131. The molecule has 0 aromatic rings. The number of amides is 2. The van der Waals surface area contributed by atoms with E-state index in [1.54, 1.807) is 6.92 Å². The van der Waals surface area contributed by atoms with Crippen molar-refractivity contribution in [1.82, 2.24) is 10.6 Å². The third-order valence-corrected chi connectivity index (χ3v) is 2.02. The summed E-state index contributed by atoms with van der Waals surface area (Å²) in [5, 5.41) is 5.60. The van der Waals surface area contributed by atoms with Crippen LogP contribution in [-0.2, 0) is 9.59 Å². The molecule has 0 aliphatic carbocycles. The van der Waals surface area contributed by atoms with Crippen molar-refractivity contribution in [3.8, 4) is 0 Å². The van der Waals surface area contributed by atoms with E-state index in [2.05, 4.69) is 10.6 Å². The summed E-state index contributed by atoms with van der Waals surface area (Å²) in [6, 6.07) is -0.462. The Hall–Kier alpha value is -1.10. The molecule has 12 heavy (non-hydrogen) atoms. The van der Waals surface area contributed by atoms with Gasteiger partial charge in [0.25, 0.3) is 0 Å². The molecule has 4 N–H and O–H groups in total. The van der Waals surface area contributed by atoms with Crippen molar-refractivity contribution in [3.63, 3.8) is 0 Å². The third-order valence-electron chi connectivity index (χ3n) is 2.02. The van der Waals surface area contributed by atoms with E-state index >= 15 is 0 Å². The first-order chi connectivity index (χ1) is 5.63. The maximum absolute atomic E-state index is 11.2. The molecule has 1 saturated heterocycles. The normalized spacial score (nSPS) is 26.1. The Bertz CT molecular complexity index is 205. The van der Waals surface area contributed by atoms with Crippen LogP contribution >= 0.6 is 0 Å². The first-order valence-electron chi connectivity index (χ1n) is 3.93. The van der Waals surface area contributed by atoms with E-state index in [4.69, 9.17) is 5.73 Å². The Morgan fingerprint density at radius 1 is 1.67 bits per heavy atom. The minimum atomic E-state index is -0.462. The largest absolute Gasteiger partial charge is 0.369 e. The lowest BCUT2D eigenvalue weighted by atomic mass is 9.99. The molecule has 1 fully saturated rings. The molecular formula is C7H13N3O2. The Labute approximate surface area is 70.7 Å². The van der Waals surface area contributed by atoms with Crippen LogP contribution in [0.5, 0.6) is 0 Å². The van der Waals surface area contributed by atoms with Gasteiger partial charge in [0.15, 0.2) is 0 Å². The van der Waals surface area contributed by atoms with Crippen LogP contribution in [-0.4, -0.2) is 30.9 Å². The van der Waals surface area contributed by atoms with Crippen LogP contribution in [0.25, 0.3) is 0 Å². The van der Waals surface area contributed by atoms with Gasteiger partial charge in [-0.25, -0.2) is 0 Å². The van der Waals surface area contributed by atoms with Crippen molar-refractivity contribution in [2.75, 3.05) is 13.1 Å². The zero-order valence-electron chi connectivity index (χ0n) is 6.96. The van der Waals surface area contributed by atoms with Gasteiger partial charge in [0.2, 0.25) is 11.8 Å². The molecular weight excluding hydrogens is 158 g/mol. The smallest absolute Gasteiger partial charge is 0.237 e. The van der Waals surface area contributed by atoms with Gasteiger partial charge in [-0.3, -0.25) is 9.59 Å². The molecule has 2 unspecified atom stereocenters. The molecule has 2 atom stereocenters. The molecule has 0 aromatic heterocycles. The minimum Gasteiger partial charge on any atom is -0.369 e. The molecule has 0 spiro atoms. The van der Waals surface area contributed by atoms with Crippen LogP contribution in [0.3, 0.4) is 0 Å². The first-order valence-corrected chi connectivity index (χ1v) is 3.93. The summed E-state index contributed by atoms with van der Waals surface area (Å²) in [6.07, 6.45) is 0. The van der Waals surface area contributed by atoms with Gasteiger partial charge in [-0.1, -0.05) is 6.92 Å². The molecule has 2 amide bonds. The molecule has 1 aliphatic rings. The van der Waals surface area contributed by atoms with E-state index < -0.39 is 17.9 Å². The average molecular weight is 171 g/mol. The van der Waals surface area contributed by atoms with Crippen molar-refractivity contribution < 1.29 is 9.59 Å². The van der Waals surface area contributed by atoms with Crippen LogP contribution in [0.15, 0.2) is 0 Å². The van der Waals surface area contributed by atoms with Crippen LogP contribution in [0.4, 0.5) is 0 Å². The Morgan fingerprint density at radius 3 is 2.83 bits per heavy atom. The Balaban J connectivity index is 2.59. The molecule has 5 heteroatoms. The van der Waals surface area contributed by atoms with Gasteiger partial charge in [0.1, 0.15) is 0 Å². The highest BCUT2D eigenvalue weighted by Gasteiger charge is 2.30. The van der Waals surface area contributed by atoms with E-state index in [1.807, 2.05) is 0 Å².